The number of H-pyrrole nitrogens is 1. The first-order valence-electron chi connectivity index (χ1n) is 10.1. The number of fused-ring (bicyclic) bond motifs is 1. The number of carbonyl (C=O) groups excluding carboxylic acids is 1. The molecule has 0 atom stereocenters. The highest BCUT2D eigenvalue weighted by Gasteiger charge is 2.33. The molecule has 0 radical (unpaired) electrons. The molecule has 1 heterocycles. The molecule has 0 unspecified atom stereocenters. The maximum absolute atomic E-state index is 13.1. The maximum Gasteiger partial charge on any atom is 0.418 e. The van der Waals surface area contributed by atoms with E-state index in [2.05, 4.69) is 31.0 Å². The van der Waals surface area contributed by atoms with Gasteiger partial charge < -0.3 is 5.32 Å². The van der Waals surface area contributed by atoms with E-state index in [1.807, 2.05) is 49.4 Å². The summed E-state index contributed by atoms with van der Waals surface area (Å²) in [6.45, 7) is 1.85. The van der Waals surface area contributed by atoms with Gasteiger partial charge in [-0.25, -0.2) is 10.5 Å². The third-order valence-electron chi connectivity index (χ3n) is 4.80. The summed E-state index contributed by atoms with van der Waals surface area (Å²) in [4.78, 5) is 16.3. The fraction of sp³-hybridized carbons (Fsp3) is 0.130. The largest absolute Gasteiger partial charge is 0.418 e. The second-order valence-corrected chi connectivity index (χ2v) is 8.16. The number of alkyl halides is 3. The molecule has 0 saturated heterocycles. The molecule has 4 rings (SSSR count). The summed E-state index contributed by atoms with van der Waals surface area (Å²) in [7, 11) is 0. The topological polar surface area (TPSA) is 95.1 Å². The lowest BCUT2D eigenvalue weighted by Gasteiger charge is -2.13. The summed E-state index contributed by atoms with van der Waals surface area (Å²) >= 11 is 0.979. The Hall–Kier alpha value is -3.86. The van der Waals surface area contributed by atoms with E-state index >= 15 is 0 Å². The quantitative estimate of drug-likeness (QED) is 0.182. The predicted molar refractivity (Wildman–Crippen MR) is 127 cm³/mol. The molecule has 0 aliphatic carbocycles. The molecule has 34 heavy (non-hydrogen) atoms. The van der Waals surface area contributed by atoms with Crippen molar-refractivity contribution >= 4 is 45.8 Å². The van der Waals surface area contributed by atoms with Crippen molar-refractivity contribution in [3.8, 4) is 0 Å². The Morgan fingerprint density at radius 3 is 2.59 bits per heavy atom. The van der Waals surface area contributed by atoms with E-state index in [0.29, 0.717) is 0 Å². The smallest absolute Gasteiger partial charge is 0.325 e. The van der Waals surface area contributed by atoms with Gasteiger partial charge >= 0.3 is 6.18 Å². The minimum absolute atomic E-state index is 0.164. The van der Waals surface area contributed by atoms with Crippen molar-refractivity contribution in [3.63, 3.8) is 0 Å². The third-order valence-corrected chi connectivity index (χ3v) is 5.65. The first-order valence-corrected chi connectivity index (χ1v) is 11.1. The van der Waals surface area contributed by atoms with Gasteiger partial charge in [-0.3, -0.25) is 4.79 Å². The molecule has 1 aromatic heterocycles. The number of para-hydroxylation sites is 1. The van der Waals surface area contributed by atoms with Crippen LogP contribution in [-0.2, 0) is 11.0 Å². The van der Waals surface area contributed by atoms with Crippen molar-refractivity contribution < 1.29 is 18.0 Å². The van der Waals surface area contributed by atoms with Gasteiger partial charge in [-0.05, 0) is 41.5 Å². The zero-order valence-electron chi connectivity index (χ0n) is 17.8. The Kier molecular flexibility index (Phi) is 6.82. The average Bonchev–Trinajstić information content (AvgIpc) is 3.28. The summed E-state index contributed by atoms with van der Waals surface area (Å²) < 4.78 is 39.2. The van der Waals surface area contributed by atoms with E-state index in [9.17, 15) is 18.0 Å². The van der Waals surface area contributed by atoms with Crippen molar-refractivity contribution in [1.82, 2.24) is 15.2 Å². The molecule has 3 N–H and O–H groups in total. The number of nitrogens with zero attached hydrogens (tertiary/aromatic N) is 3. The molecule has 11 heteroatoms. The molecule has 174 valence electrons. The Bertz CT molecular complexity index is 1350. The summed E-state index contributed by atoms with van der Waals surface area (Å²) in [5.74, 6) is -0.500. The van der Waals surface area contributed by atoms with Crippen LogP contribution in [0.2, 0.25) is 0 Å². The van der Waals surface area contributed by atoms with Gasteiger partial charge in [0.1, 0.15) is 0 Å². The van der Waals surface area contributed by atoms with Crippen molar-refractivity contribution in [2.45, 2.75) is 18.3 Å². The minimum atomic E-state index is -4.56. The van der Waals surface area contributed by atoms with Gasteiger partial charge in [-0.15, -0.1) is 5.10 Å². The first kappa shape index (κ1) is 23.3. The van der Waals surface area contributed by atoms with Gasteiger partial charge in [0.25, 0.3) is 0 Å². The molecule has 0 fully saturated rings. The molecule has 0 aliphatic heterocycles. The van der Waals surface area contributed by atoms with Crippen LogP contribution in [0.25, 0.3) is 10.8 Å². The number of halogens is 3. The van der Waals surface area contributed by atoms with E-state index in [1.54, 1.807) is 0 Å². The minimum Gasteiger partial charge on any atom is -0.325 e. The van der Waals surface area contributed by atoms with E-state index in [4.69, 9.17) is 0 Å². The maximum atomic E-state index is 13.1. The van der Waals surface area contributed by atoms with Crippen LogP contribution in [0.15, 0.2) is 77.0 Å². The van der Waals surface area contributed by atoms with E-state index in [0.717, 1.165) is 39.9 Å². The van der Waals surface area contributed by atoms with Crippen LogP contribution in [0.3, 0.4) is 0 Å². The normalized spacial score (nSPS) is 12.1. The molecule has 0 spiro atoms. The second-order valence-electron chi connectivity index (χ2n) is 7.22. The van der Waals surface area contributed by atoms with Gasteiger partial charge in [0.15, 0.2) is 0 Å². The zero-order chi connectivity index (χ0) is 24.1. The molecule has 4 aromatic rings. The molecule has 1 amide bonds. The first-order chi connectivity index (χ1) is 16.3. The average molecular weight is 485 g/mol. The van der Waals surface area contributed by atoms with E-state index in [-0.39, 0.29) is 22.5 Å². The summed E-state index contributed by atoms with van der Waals surface area (Å²) in [5.41, 5.74) is 3.26. The highest BCUT2D eigenvalue weighted by Crippen LogP contribution is 2.34. The Morgan fingerprint density at radius 2 is 1.79 bits per heavy atom. The van der Waals surface area contributed by atoms with Crippen molar-refractivity contribution in [3.05, 3.63) is 77.9 Å². The van der Waals surface area contributed by atoms with Crippen molar-refractivity contribution in [2.24, 2.45) is 5.10 Å². The number of carbonyl (C=O) groups is 1. The van der Waals surface area contributed by atoms with E-state index in [1.165, 1.54) is 18.2 Å². The van der Waals surface area contributed by atoms with Crippen LogP contribution in [0, 0.1) is 0 Å². The van der Waals surface area contributed by atoms with Crippen LogP contribution >= 0.6 is 11.8 Å². The summed E-state index contributed by atoms with van der Waals surface area (Å²) in [6.07, 6.45) is -4.56. The molecule has 7 nitrogen and oxygen atoms in total. The number of thioether (sulfide) groups is 1. The Balaban J connectivity index is 1.33. The number of nitrogens with one attached hydrogen (secondary N) is 3. The monoisotopic (exact) mass is 484 g/mol. The lowest BCUT2D eigenvalue weighted by molar-refractivity contribution is -0.137. The number of aromatic amines is 1. The summed E-state index contributed by atoms with van der Waals surface area (Å²) in [5, 5.41) is 15.7. The Labute approximate surface area is 196 Å². The molecule has 3 aromatic carbocycles. The fourth-order valence-electron chi connectivity index (χ4n) is 3.13. The van der Waals surface area contributed by atoms with E-state index < -0.39 is 17.6 Å². The molecule has 0 aliphatic rings. The number of benzene rings is 3. The molecular weight excluding hydrogens is 465 g/mol. The standard InChI is InChI=1S/C23H19F3N6OS/c1-14(16-11-10-15-6-2-3-7-17(15)12-16)29-30-21-28-22(32-31-21)34-13-20(33)27-19-9-5-4-8-18(19)23(24,25)26/h2-12H,13H2,1H3,(H,27,33)(H2,28,30,31,32)/b29-14+. The lowest BCUT2D eigenvalue weighted by Crippen LogP contribution is -2.18. The van der Waals surface area contributed by atoms with Gasteiger partial charge in [-0.2, -0.15) is 23.3 Å². The zero-order valence-corrected chi connectivity index (χ0v) is 18.7. The highest BCUT2D eigenvalue weighted by molar-refractivity contribution is 7.99. The predicted octanol–water partition coefficient (Wildman–Crippen LogP) is 5.54. The van der Waals surface area contributed by atoms with Crippen molar-refractivity contribution in [2.75, 3.05) is 16.5 Å². The highest BCUT2D eigenvalue weighted by atomic mass is 32.2. The Morgan fingerprint density at radius 1 is 1.06 bits per heavy atom. The van der Waals surface area contributed by atoms with Crippen LogP contribution in [0.1, 0.15) is 18.1 Å². The number of hydrazone groups is 1. The number of hydrogen-bond acceptors (Lipinski definition) is 6. The van der Waals surface area contributed by atoms with Gasteiger partial charge in [0.2, 0.25) is 17.0 Å². The number of hydrogen-bond donors (Lipinski definition) is 3. The van der Waals surface area contributed by atoms with Crippen molar-refractivity contribution in [1.29, 1.82) is 0 Å². The SMILES string of the molecule is C/C(=N\Nc1nc(SCC(=O)Nc2ccccc2C(F)(F)F)n[nH]1)c1ccc2ccccc2c1. The molecular formula is C23H19F3N6OS. The summed E-state index contributed by atoms with van der Waals surface area (Å²) in [6, 6.07) is 18.8. The van der Waals surface area contributed by atoms with Crippen LogP contribution < -0.4 is 10.7 Å². The number of rotatable bonds is 7. The molecule has 0 saturated carbocycles. The van der Waals surface area contributed by atoms with Crippen LogP contribution in [-0.4, -0.2) is 32.6 Å². The lowest BCUT2D eigenvalue weighted by atomic mass is 10.0. The molecule has 0 bridgehead atoms. The number of aromatic nitrogens is 3. The third kappa shape index (κ3) is 5.73. The number of anilines is 2. The van der Waals surface area contributed by atoms with Gasteiger partial charge in [0.05, 0.1) is 22.7 Å². The van der Waals surface area contributed by atoms with Crippen LogP contribution in [0.4, 0.5) is 24.8 Å². The second kappa shape index (κ2) is 9.96. The van der Waals surface area contributed by atoms with Gasteiger partial charge in [-0.1, -0.05) is 60.3 Å². The van der Waals surface area contributed by atoms with Crippen LogP contribution in [0.5, 0.6) is 0 Å². The van der Waals surface area contributed by atoms with Gasteiger partial charge in [0, 0.05) is 0 Å². The number of amides is 1. The fourth-order valence-corrected chi connectivity index (χ4v) is 3.73.